The molecule has 9 heteroatoms. The van der Waals surface area contributed by atoms with Crippen molar-refractivity contribution >= 4 is 34.3 Å². The SMILES string of the molecule is CC1CC(C)CN(Cc2csc(NC(=O)CN3C(=O)NC4(CC(C)CC(C)(C)C4)C3=O)n2)C1. The first-order valence-corrected chi connectivity index (χ1v) is 12.9. The van der Waals surface area contributed by atoms with E-state index < -0.39 is 17.5 Å². The van der Waals surface area contributed by atoms with Crippen LogP contribution in [0.4, 0.5) is 9.93 Å². The van der Waals surface area contributed by atoms with Crippen molar-refractivity contribution in [2.45, 2.75) is 72.4 Å². The zero-order valence-electron chi connectivity index (χ0n) is 20.4. The molecule has 4 rings (SSSR count). The van der Waals surface area contributed by atoms with Crippen LogP contribution in [-0.2, 0) is 16.1 Å². The van der Waals surface area contributed by atoms with Crippen LogP contribution in [0.1, 0.15) is 66.0 Å². The smallest absolute Gasteiger partial charge is 0.323 e. The van der Waals surface area contributed by atoms with Crippen LogP contribution in [-0.4, -0.2) is 57.8 Å². The van der Waals surface area contributed by atoms with Crippen molar-refractivity contribution < 1.29 is 14.4 Å². The summed E-state index contributed by atoms with van der Waals surface area (Å²) >= 11 is 1.38. The Labute approximate surface area is 200 Å². The minimum Gasteiger partial charge on any atom is -0.323 e. The van der Waals surface area contributed by atoms with Crippen molar-refractivity contribution in [2.75, 3.05) is 25.0 Å². The molecule has 3 fully saturated rings. The third-order valence-corrected chi connectivity index (χ3v) is 7.86. The predicted molar refractivity (Wildman–Crippen MR) is 129 cm³/mol. The molecular weight excluding hydrogens is 438 g/mol. The molecule has 2 saturated heterocycles. The van der Waals surface area contributed by atoms with Gasteiger partial charge in [-0.05, 0) is 48.9 Å². The lowest BCUT2D eigenvalue weighted by Crippen LogP contribution is -2.54. The number of thiazole rings is 1. The van der Waals surface area contributed by atoms with Crippen LogP contribution in [0.3, 0.4) is 0 Å². The minimum absolute atomic E-state index is 0.0416. The number of hydrogen-bond acceptors (Lipinski definition) is 6. The molecule has 1 aromatic heterocycles. The van der Waals surface area contributed by atoms with E-state index in [0.29, 0.717) is 35.7 Å². The van der Waals surface area contributed by atoms with E-state index in [-0.39, 0.29) is 17.9 Å². The second-order valence-electron chi connectivity index (χ2n) is 11.6. The second-order valence-corrected chi connectivity index (χ2v) is 12.4. The molecule has 4 unspecified atom stereocenters. The average Bonchev–Trinajstić information content (AvgIpc) is 3.16. The van der Waals surface area contributed by atoms with Gasteiger partial charge < -0.3 is 10.6 Å². The van der Waals surface area contributed by atoms with Gasteiger partial charge in [0.1, 0.15) is 12.1 Å². The molecule has 4 atom stereocenters. The Morgan fingerprint density at radius 2 is 1.88 bits per heavy atom. The van der Waals surface area contributed by atoms with Crippen molar-refractivity contribution in [3.8, 4) is 0 Å². The number of piperidine rings is 1. The standard InChI is InChI=1S/C24H37N5O3S/c1-15-6-16(2)10-28(9-15)11-18-13-33-21(25-18)26-19(30)12-29-20(31)24(27-22(29)32)8-17(3)7-23(4,5)14-24/h13,15-17H,6-12,14H2,1-5H3,(H,27,32)(H,25,26,30). The number of nitrogens with one attached hydrogen (secondary N) is 2. The maximum Gasteiger partial charge on any atom is 0.325 e. The number of amides is 4. The van der Waals surface area contributed by atoms with E-state index in [1.54, 1.807) is 0 Å². The van der Waals surface area contributed by atoms with Gasteiger partial charge in [0, 0.05) is 25.0 Å². The highest BCUT2D eigenvalue weighted by atomic mass is 32.1. The third-order valence-electron chi connectivity index (χ3n) is 7.05. The first-order valence-electron chi connectivity index (χ1n) is 12.1. The molecule has 1 aliphatic carbocycles. The van der Waals surface area contributed by atoms with E-state index in [9.17, 15) is 14.4 Å². The molecule has 3 heterocycles. The number of rotatable bonds is 5. The molecule has 3 aliphatic rings. The van der Waals surface area contributed by atoms with Gasteiger partial charge in [-0.2, -0.15) is 0 Å². The van der Waals surface area contributed by atoms with Gasteiger partial charge >= 0.3 is 6.03 Å². The lowest BCUT2D eigenvalue weighted by Gasteiger charge is -2.43. The van der Waals surface area contributed by atoms with E-state index in [2.05, 4.69) is 55.1 Å². The van der Waals surface area contributed by atoms with Crippen LogP contribution in [0.25, 0.3) is 0 Å². The van der Waals surface area contributed by atoms with Gasteiger partial charge in [-0.15, -0.1) is 11.3 Å². The predicted octanol–water partition coefficient (Wildman–Crippen LogP) is 3.70. The van der Waals surface area contributed by atoms with E-state index in [4.69, 9.17) is 0 Å². The fourth-order valence-corrected chi connectivity index (χ4v) is 7.26. The van der Waals surface area contributed by atoms with Crippen LogP contribution in [0.2, 0.25) is 0 Å². The van der Waals surface area contributed by atoms with Crippen LogP contribution >= 0.6 is 11.3 Å². The highest BCUT2D eigenvalue weighted by Crippen LogP contribution is 2.46. The summed E-state index contributed by atoms with van der Waals surface area (Å²) in [5.41, 5.74) is -0.000583. The van der Waals surface area contributed by atoms with Crippen molar-refractivity contribution in [3.63, 3.8) is 0 Å². The van der Waals surface area contributed by atoms with E-state index in [0.717, 1.165) is 36.6 Å². The molecule has 1 spiro atoms. The van der Waals surface area contributed by atoms with Gasteiger partial charge in [-0.3, -0.25) is 19.4 Å². The highest BCUT2D eigenvalue weighted by molar-refractivity contribution is 7.13. The normalized spacial score (nSPS) is 32.3. The lowest BCUT2D eigenvalue weighted by atomic mass is 9.64. The molecule has 33 heavy (non-hydrogen) atoms. The Balaban J connectivity index is 1.35. The highest BCUT2D eigenvalue weighted by Gasteiger charge is 2.56. The molecule has 2 N–H and O–H groups in total. The van der Waals surface area contributed by atoms with Crippen molar-refractivity contribution in [1.29, 1.82) is 0 Å². The number of carbonyl (C=O) groups excluding carboxylic acids is 3. The lowest BCUT2D eigenvalue weighted by molar-refractivity contribution is -0.136. The fourth-order valence-electron chi connectivity index (χ4n) is 6.54. The maximum absolute atomic E-state index is 13.2. The Bertz CT molecular complexity index is 921. The zero-order chi connectivity index (χ0) is 24.0. The molecule has 2 aliphatic heterocycles. The summed E-state index contributed by atoms with van der Waals surface area (Å²) in [7, 11) is 0. The van der Waals surface area contributed by atoms with Crippen molar-refractivity contribution in [1.82, 2.24) is 20.1 Å². The van der Waals surface area contributed by atoms with Crippen LogP contribution in [0.15, 0.2) is 5.38 Å². The number of nitrogens with zero attached hydrogens (tertiary/aromatic N) is 3. The number of aromatic nitrogens is 1. The monoisotopic (exact) mass is 475 g/mol. The Hall–Kier alpha value is -2.00. The van der Waals surface area contributed by atoms with Crippen LogP contribution < -0.4 is 10.6 Å². The minimum atomic E-state index is -0.893. The molecule has 1 aromatic rings. The van der Waals surface area contributed by atoms with Crippen LogP contribution in [0, 0.1) is 23.2 Å². The largest absolute Gasteiger partial charge is 0.325 e. The molecule has 0 aromatic carbocycles. The molecular formula is C24H37N5O3S. The third kappa shape index (κ3) is 5.40. The van der Waals surface area contributed by atoms with Gasteiger partial charge in [0.15, 0.2) is 5.13 Å². The molecule has 0 radical (unpaired) electrons. The molecule has 182 valence electrons. The molecule has 1 saturated carbocycles. The summed E-state index contributed by atoms with van der Waals surface area (Å²) in [6.07, 6.45) is 3.48. The van der Waals surface area contributed by atoms with Crippen molar-refractivity contribution in [2.24, 2.45) is 23.2 Å². The molecule has 4 amide bonds. The second kappa shape index (κ2) is 8.98. The summed E-state index contributed by atoms with van der Waals surface area (Å²) in [5, 5.41) is 8.17. The fraction of sp³-hybridized carbons (Fsp3) is 0.750. The van der Waals surface area contributed by atoms with E-state index in [1.165, 1.54) is 17.8 Å². The van der Waals surface area contributed by atoms with Crippen LogP contribution in [0.5, 0.6) is 0 Å². The summed E-state index contributed by atoms with van der Waals surface area (Å²) < 4.78 is 0. The van der Waals surface area contributed by atoms with Gasteiger partial charge in [0.05, 0.1) is 5.69 Å². The number of imide groups is 1. The number of anilines is 1. The molecule has 0 bridgehead atoms. The number of likely N-dealkylation sites (tertiary alicyclic amines) is 1. The number of carbonyl (C=O) groups is 3. The van der Waals surface area contributed by atoms with Crippen molar-refractivity contribution in [3.05, 3.63) is 11.1 Å². The topological polar surface area (TPSA) is 94.6 Å². The summed E-state index contributed by atoms with van der Waals surface area (Å²) in [5.74, 6) is 0.995. The summed E-state index contributed by atoms with van der Waals surface area (Å²) in [4.78, 5) is 46.6. The quantitative estimate of drug-likeness (QED) is 0.634. The molecule has 8 nitrogen and oxygen atoms in total. The number of urea groups is 1. The van der Waals surface area contributed by atoms with Gasteiger partial charge in [0.2, 0.25) is 5.91 Å². The zero-order valence-corrected chi connectivity index (χ0v) is 21.3. The average molecular weight is 476 g/mol. The van der Waals surface area contributed by atoms with Gasteiger partial charge in [0.25, 0.3) is 5.91 Å². The van der Waals surface area contributed by atoms with E-state index in [1.807, 2.05) is 5.38 Å². The van der Waals surface area contributed by atoms with E-state index >= 15 is 0 Å². The first kappa shape index (κ1) is 24.1. The summed E-state index contributed by atoms with van der Waals surface area (Å²) in [6.45, 7) is 13.5. The van der Waals surface area contributed by atoms with Gasteiger partial charge in [-0.1, -0.05) is 34.6 Å². The Kier molecular flexibility index (Phi) is 6.57. The first-order chi connectivity index (χ1) is 15.4. The Morgan fingerprint density at radius 1 is 1.18 bits per heavy atom. The number of hydrogen-bond donors (Lipinski definition) is 2. The Morgan fingerprint density at radius 3 is 2.55 bits per heavy atom. The summed E-state index contributed by atoms with van der Waals surface area (Å²) in [6, 6.07) is -0.479. The van der Waals surface area contributed by atoms with Gasteiger partial charge in [-0.25, -0.2) is 9.78 Å². The maximum atomic E-state index is 13.2.